The maximum absolute atomic E-state index is 11.9. The van der Waals surface area contributed by atoms with Gasteiger partial charge in [-0.15, -0.1) is 0 Å². The predicted molar refractivity (Wildman–Crippen MR) is 126 cm³/mol. The molecule has 8 heteroatoms. The van der Waals surface area contributed by atoms with Crippen molar-refractivity contribution in [1.29, 1.82) is 0 Å². The van der Waals surface area contributed by atoms with Gasteiger partial charge in [0.25, 0.3) is 0 Å². The van der Waals surface area contributed by atoms with Crippen LogP contribution in [0.25, 0.3) is 0 Å². The minimum atomic E-state index is -2.01. The van der Waals surface area contributed by atoms with E-state index in [1.54, 1.807) is 12.1 Å². The average molecular weight is 509 g/mol. The van der Waals surface area contributed by atoms with Gasteiger partial charge in [-0.1, -0.05) is 48.3 Å². The van der Waals surface area contributed by atoms with E-state index in [9.17, 15) is 4.79 Å². The first kappa shape index (κ1) is 26.3. The number of hydrogen-bond donors (Lipinski definition) is 1. The summed E-state index contributed by atoms with van der Waals surface area (Å²) in [6.07, 6.45) is -0.0782. The number of ether oxygens (including phenoxy) is 2. The number of carbonyl (C=O) groups excluding carboxylic acids is 1. The molecule has 1 atom stereocenters. The Morgan fingerprint density at radius 1 is 1.17 bits per heavy atom. The fourth-order valence-electron chi connectivity index (χ4n) is 2.20. The molecule has 0 aliphatic rings. The van der Waals surface area contributed by atoms with Crippen LogP contribution >= 0.6 is 27.5 Å². The standard InChI is InChI=1S/C21H35BrClNO4Si/c1-20(2,3)24-19(25)26-10-9-17(28-29(7,8)21(4,5)6)14-27-18-12-15(22)11-16(23)13-18/h11-13,17H,9-10,14H2,1-8H3,(H,24,25). The second-order valence-electron chi connectivity index (χ2n) is 9.72. The molecule has 0 radical (unpaired) electrons. The van der Waals surface area contributed by atoms with Crippen LogP contribution in [-0.2, 0) is 9.16 Å². The number of benzene rings is 1. The summed E-state index contributed by atoms with van der Waals surface area (Å²) in [5, 5.41) is 3.45. The minimum Gasteiger partial charge on any atom is -0.491 e. The van der Waals surface area contributed by atoms with Crippen LogP contribution in [0.5, 0.6) is 5.75 Å². The lowest BCUT2D eigenvalue weighted by Gasteiger charge is -2.39. The quantitative estimate of drug-likeness (QED) is 0.393. The summed E-state index contributed by atoms with van der Waals surface area (Å²) in [5.41, 5.74) is -0.336. The molecule has 0 spiro atoms. The SMILES string of the molecule is CC(C)(C)NC(=O)OCCC(COc1cc(Cl)cc(Br)c1)O[Si](C)(C)C(C)(C)C. The van der Waals surface area contributed by atoms with Crippen LogP contribution in [0.3, 0.4) is 0 Å². The Kier molecular flexibility index (Phi) is 9.52. The van der Waals surface area contributed by atoms with Gasteiger partial charge < -0.3 is 19.2 Å². The van der Waals surface area contributed by atoms with Crippen molar-refractivity contribution in [1.82, 2.24) is 5.32 Å². The van der Waals surface area contributed by atoms with Gasteiger partial charge in [0.1, 0.15) is 12.4 Å². The van der Waals surface area contributed by atoms with Gasteiger partial charge in [0, 0.05) is 21.5 Å². The second-order valence-corrected chi connectivity index (χ2v) is 15.8. The Morgan fingerprint density at radius 2 is 1.79 bits per heavy atom. The van der Waals surface area contributed by atoms with Crippen LogP contribution in [0, 0.1) is 0 Å². The van der Waals surface area contributed by atoms with Crippen molar-refractivity contribution in [3.05, 3.63) is 27.7 Å². The third kappa shape index (κ3) is 10.2. The molecule has 29 heavy (non-hydrogen) atoms. The van der Waals surface area contributed by atoms with E-state index >= 15 is 0 Å². The summed E-state index contributed by atoms with van der Waals surface area (Å²) in [6.45, 7) is 17.3. The molecular formula is C21H35BrClNO4Si. The fraction of sp³-hybridized carbons (Fsp3) is 0.667. The second kappa shape index (κ2) is 10.5. The molecule has 0 fully saturated rings. The molecule has 0 aliphatic heterocycles. The number of nitrogens with one attached hydrogen (secondary N) is 1. The van der Waals surface area contributed by atoms with E-state index in [4.69, 9.17) is 25.5 Å². The van der Waals surface area contributed by atoms with E-state index in [-0.39, 0.29) is 23.3 Å². The van der Waals surface area contributed by atoms with Gasteiger partial charge >= 0.3 is 6.09 Å². The highest BCUT2D eigenvalue weighted by atomic mass is 79.9. The lowest BCUT2D eigenvalue weighted by molar-refractivity contribution is 0.0766. The van der Waals surface area contributed by atoms with Crippen molar-refractivity contribution in [2.45, 2.75) is 77.7 Å². The number of amides is 1. The van der Waals surface area contributed by atoms with Crippen molar-refractivity contribution in [3.63, 3.8) is 0 Å². The van der Waals surface area contributed by atoms with Crippen LogP contribution in [0.4, 0.5) is 4.79 Å². The molecule has 1 N–H and O–H groups in total. The minimum absolute atomic E-state index is 0.0643. The number of carbonyl (C=O) groups is 1. The van der Waals surface area contributed by atoms with Crippen molar-refractivity contribution >= 4 is 41.9 Å². The number of hydrogen-bond acceptors (Lipinski definition) is 4. The fourth-order valence-corrected chi connectivity index (χ4v) is 4.40. The summed E-state index contributed by atoms with van der Waals surface area (Å²) >= 11 is 9.53. The first-order chi connectivity index (χ1) is 13.1. The Balaban J connectivity index is 2.76. The summed E-state index contributed by atoms with van der Waals surface area (Å²) in [6, 6.07) is 5.44. The van der Waals surface area contributed by atoms with Gasteiger partial charge in [0.15, 0.2) is 8.32 Å². The van der Waals surface area contributed by atoms with Gasteiger partial charge in [0.2, 0.25) is 0 Å². The third-order valence-corrected chi connectivity index (χ3v) is 9.90. The van der Waals surface area contributed by atoms with Crippen LogP contribution in [0.1, 0.15) is 48.0 Å². The largest absolute Gasteiger partial charge is 0.491 e. The maximum atomic E-state index is 11.9. The molecule has 1 unspecified atom stereocenters. The van der Waals surface area contributed by atoms with Gasteiger partial charge in [0.05, 0.1) is 12.7 Å². The number of alkyl carbamates (subject to hydrolysis) is 1. The van der Waals surface area contributed by atoms with Crippen molar-refractivity contribution < 1.29 is 18.7 Å². The zero-order valence-corrected chi connectivity index (χ0v) is 22.2. The molecule has 1 aromatic rings. The number of halogens is 2. The Bertz CT molecular complexity index is 666. The summed E-state index contributed by atoms with van der Waals surface area (Å²) in [4.78, 5) is 11.9. The topological polar surface area (TPSA) is 56.8 Å². The molecule has 0 bridgehead atoms. The molecule has 0 saturated heterocycles. The summed E-state index contributed by atoms with van der Waals surface area (Å²) < 4.78 is 18.7. The molecule has 5 nitrogen and oxygen atoms in total. The van der Waals surface area contributed by atoms with E-state index < -0.39 is 14.4 Å². The van der Waals surface area contributed by atoms with Crippen LogP contribution in [-0.4, -0.2) is 39.3 Å². The van der Waals surface area contributed by atoms with E-state index in [0.717, 1.165) is 4.47 Å². The Hall–Kier alpha value is -0.763. The Morgan fingerprint density at radius 3 is 2.31 bits per heavy atom. The van der Waals surface area contributed by atoms with Crippen molar-refractivity contribution in [2.24, 2.45) is 0 Å². The van der Waals surface area contributed by atoms with E-state index in [1.165, 1.54) is 0 Å². The average Bonchev–Trinajstić information content (AvgIpc) is 2.48. The predicted octanol–water partition coefficient (Wildman–Crippen LogP) is 6.79. The van der Waals surface area contributed by atoms with E-state index in [1.807, 2.05) is 26.8 Å². The lowest BCUT2D eigenvalue weighted by Crippen LogP contribution is -2.46. The highest BCUT2D eigenvalue weighted by Gasteiger charge is 2.39. The molecule has 1 rings (SSSR count). The highest BCUT2D eigenvalue weighted by molar-refractivity contribution is 9.10. The molecule has 1 aromatic carbocycles. The molecule has 166 valence electrons. The normalized spacial score (nSPS) is 13.7. The monoisotopic (exact) mass is 507 g/mol. The van der Waals surface area contributed by atoms with E-state index in [2.05, 4.69) is 55.1 Å². The van der Waals surface area contributed by atoms with Gasteiger partial charge in [-0.2, -0.15) is 0 Å². The molecule has 0 aliphatic carbocycles. The molecule has 1 amide bonds. The third-order valence-electron chi connectivity index (χ3n) is 4.69. The van der Waals surface area contributed by atoms with Crippen molar-refractivity contribution in [2.75, 3.05) is 13.2 Å². The Labute approximate surface area is 190 Å². The highest BCUT2D eigenvalue weighted by Crippen LogP contribution is 2.37. The first-order valence-corrected chi connectivity index (χ1v) is 13.9. The van der Waals surface area contributed by atoms with E-state index in [0.29, 0.717) is 23.8 Å². The van der Waals surface area contributed by atoms with Crippen LogP contribution < -0.4 is 10.1 Å². The molecule has 0 aromatic heterocycles. The van der Waals surface area contributed by atoms with Crippen molar-refractivity contribution in [3.8, 4) is 5.75 Å². The van der Waals surface area contributed by atoms with Gasteiger partial charge in [-0.05, 0) is 57.1 Å². The summed E-state index contributed by atoms with van der Waals surface area (Å²) in [7, 11) is -2.01. The zero-order chi connectivity index (χ0) is 22.5. The smallest absolute Gasteiger partial charge is 0.407 e. The van der Waals surface area contributed by atoms with Crippen LogP contribution in [0.15, 0.2) is 22.7 Å². The first-order valence-electron chi connectivity index (χ1n) is 9.81. The van der Waals surface area contributed by atoms with Crippen LogP contribution in [0.2, 0.25) is 23.2 Å². The zero-order valence-electron chi connectivity index (χ0n) is 18.8. The number of rotatable bonds is 8. The van der Waals surface area contributed by atoms with Gasteiger partial charge in [-0.3, -0.25) is 0 Å². The molecule has 0 heterocycles. The van der Waals surface area contributed by atoms with Gasteiger partial charge in [-0.25, -0.2) is 4.79 Å². The summed E-state index contributed by atoms with van der Waals surface area (Å²) in [5.74, 6) is 0.666. The molecule has 0 saturated carbocycles. The molecular weight excluding hydrogens is 474 g/mol. The maximum Gasteiger partial charge on any atom is 0.407 e. The lowest BCUT2D eigenvalue weighted by atomic mass is 10.1.